The highest BCUT2D eigenvalue weighted by Crippen LogP contribution is 2.18. The molecule has 142 valence electrons. The normalized spacial score (nSPS) is 11.3. The third-order valence-corrected chi connectivity index (χ3v) is 4.03. The average Bonchev–Trinajstić information content (AvgIpc) is 2.70. The van der Waals surface area contributed by atoms with Gasteiger partial charge in [0.1, 0.15) is 18.3 Å². The monoisotopic (exact) mass is 370 g/mol. The van der Waals surface area contributed by atoms with E-state index in [4.69, 9.17) is 9.84 Å². The second-order valence-electron chi connectivity index (χ2n) is 5.79. The molecular formula is C20H22N2O5. The van der Waals surface area contributed by atoms with Gasteiger partial charge in [0.25, 0.3) is 5.91 Å². The molecule has 0 bridgehead atoms. The maximum absolute atomic E-state index is 12.9. The zero-order valence-corrected chi connectivity index (χ0v) is 15.2. The fourth-order valence-electron chi connectivity index (χ4n) is 2.58. The second-order valence-corrected chi connectivity index (χ2v) is 5.79. The van der Waals surface area contributed by atoms with Crippen LogP contribution in [0, 0.1) is 0 Å². The Labute approximate surface area is 157 Å². The predicted octanol–water partition coefficient (Wildman–Crippen LogP) is 2.10. The van der Waals surface area contributed by atoms with Gasteiger partial charge in [0.2, 0.25) is 5.91 Å². The lowest BCUT2D eigenvalue weighted by molar-refractivity contribution is -0.145. The Morgan fingerprint density at radius 1 is 1.07 bits per heavy atom. The van der Waals surface area contributed by atoms with Gasteiger partial charge in [-0.1, -0.05) is 30.3 Å². The first kappa shape index (κ1) is 20.0. The van der Waals surface area contributed by atoms with Gasteiger partial charge >= 0.3 is 5.97 Å². The van der Waals surface area contributed by atoms with Crippen LogP contribution in [0.15, 0.2) is 54.6 Å². The number of ether oxygens (including phenoxy) is 1. The number of hydrogen-bond donors (Lipinski definition) is 2. The molecule has 0 fully saturated rings. The van der Waals surface area contributed by atoms with Crippen molar-refractivity contribution in [2.75, 3.05) is 20.2 Å². The van der Waals surface area contributed by atoms with Crippen molar-refractivity contribution in [1.82, 2.24) is 10.2 Å². The Balaban J connectivity index is 2.28. The fourth-order valence-corrected chi connectivity index (χ4v) is 2.58. The minimum Gasteiger partial charge on any atom is -0.497 e. The summed E-state index contributed by atoms with van der Waals surface area (Å²) in [6.07, 6.45) is 0. The summed E-state index contributed by atoms with van der Waals surface area (Å²) in [6, 6.07) is 14.2. The number of rotatable bonds is 8. The van der Waals surface area contributed by atoms with Crippen molar-refractivity contribution in [3.05, 3.63) is 65.7 Å². The molecule has 2 aromatic carbocycles. The smallest absolute Gasteiger partial charge is 0.323 e. The van der Waals surface area contributed by atoms with Crippen LogP contribution in [0.5, 0.6) is 5.75 Å². The van der Waals surface area contributed by atoms with Crippen LogP contribution in [0.2, 0.25) is 0 Å². The Kier molecular flexibility index (Phi) is 6.93. The van der Waals surface area contributed by atoms with Gasteiger partial charge in [0, 0.05) is 12.1 Å². The molecule has 0 heterocycles. The number of carbonyl (C=O) groups excluding carboxylic acids is 2. The Morgan fingerprint density at radius 2 is 1.70 bits per heavy atom. The number of nitrogens with zero attached hydrogens (tertiary/aromatic N) is 1. The minimum absolute atomic E-state index is 0.215. The quantitative estimate of drug-likeness (QED) is 0.742. The molecule has 27 heavy (non-hydrogen) atoms. The van der Waals surface area contributed by atoms with Gasteiger partial charge in [0.05, 0.1) is 7.11 Å². The molecule has 1 atom stereocenters. The molecule has 0 aromatic heterocycles. The number of amides is 2. The summed E-state index contributed by atoms with van der Waals surface area (Å²) in [5.74, 6) is -1.42. The zero-order valence-electron chi connectivity index (χ0n) is 15.2. The second kappa shape index (κ2) is 9.38. The van der Waals surface area contributed by atoms with E-state index in [1.54, 1.807) is 61.5 Å². The zero-order chi connectivity index (χ0) is 19.8. The lowest BCUT2D eigenvalue weighted by Crippen LogP contribution is -2.44. The molecule has 0 aliphatic carbocycles. The SMILES string of the molecule is CCN(CC(=O)O)C(=O)C(NC(=O)c1ccc(OC)cc1)c1ccccc1. The van der Waals surface area contributed by atoms with Crippen LogP contribution in [0.25, 0.3) is 0 Å². The molecule has 7 nitrogen and oxygen atoms in total. The van der Waals surface area contributed by atoms with E-state index in [2.05, 4.69) is 5.32 Å². The topological polar surface area (TPSA) is 95.9 Å². The number of carboxylic acids is 1. The van der Waals surface area contributed by atoms with Gasteiger partial charge in [-0.05, 0) is 36.8 Å². The standard InChI is InChI=1S/C20H22N2O5/c1-3-22(13-17(23)24)20(26)18(14-7-5-4-6-8-14)21-19(25)15-9-11-16(27-2)12-10-15/h4-12,18H,3,13H2,1-2H3,(H,21,25)(H,23,24). The van der Waals surface area contributed by atoms with E-state index >= 15 is 0 Å². The fraction of sp³-hybridized carbons (Fsp3) is 0.250. The first-order valence-corrected chi connectivity index (χ1v) is 8.46. The number of carbonyl (C=O) groups is 3. The van der Waals surface area contributed by atoms with Crippen LogP contribution in [0.4, 0.5) is 0 Å². The third-order valence-electron chi connectivity index (χ3n) is 4.03. The molecule has 0 aliphatic rings. The molecule has 2 aromatic rings. The van der Waals surface area contributed by atoms with Crippen molar-refractivity contribution in [1.29, 1.82) is 0 Å². The Morgan fingerprint density at radius 3 is 2.22 bits per heavy atom. The van der Waals surface area contributed by atoms with Crippen molar-refractivity contribution in [2.45, 2.75) is 13.0 Å². The largest absolute Gasteiger partial charge is 0.497 e. The van der Waals surface area contributed by atoms with Crippen molar-refractivity contribution < 1.29 is 24.2 Å². The van der Waals surface area contributed by atoms with Crippen LogP contribution < -0.4 is 10.1 Å². The number of aliphatic carboxylic acids is 1. The summed E-state index contributed by atoms with van der Waals surface area (Å²) < 4.78 is 5.07. The maximum Gasteiger partial charge on any atom is 0.323 e. The highest BCUT2D eigenvalue weighted by atomic mass is 16.5. The van der Waals surface area contributed by atoms with Gasteiger partial charge in [-0.25, -0.2) is 0 Å². The number of benzene rings is 2. The number of carboxylic acid groups (broad SMARTS) is 1. The van der Waals surface area contributed by atoms with Crippen molar-refractivity contribution in [3.8, 4) is 5.75 Å². The lowest BCUT2D eigenvalue weighted by Gasteiger charge is -2.26. The van der Waals surface area contributed by atoms with E-state index in [1.165, 1.54) is 12.0 Å². The molecule has 2 amide bonds. The molecule has 0 aliphatic heterocycles. The van der Waals surface area contributed by atoms with Crippen LogP contribution in [-0.4, -0.2) is 48.0 Å². The molecule has 2 N–H and O–H groups in total. The summed E-state index contributed by atoms with van der Waals surface area (Å²) in [4.78, 5) is 37.8. The number of nitrogens with one attached hydrogen (secondary N) is 1. The van der Waals surface area contributed by atoms with Gasteiger partial charge in [-0.2, -0.15) is 0 Å². The van der Waals surface area contributed by atoms with E-state index < -0.39 is 30.4 Å². The predicted molar refractivity (Wildman–Crippen MR) is 99.5 cm³/mol. The average molecular weight is 370 g/mol. The molecule has 2 rings (SSSR count). The van der Waals surface area contributed by atoms with E-state index in [9.17, 15) is 14.4 Å². The summed E-state index contributed by atoms with van der Waals surface area (Å²) in [5.41, 5.74) is 0.944. The molecule has 0 saturated heterocycles. The summed E-state index contributed by atoms with van der Waals surface area (Å²) in [7, 11) is 1.53. The van der Waals surface area contributed by atoms with E-state index in [-0.39, 0.29) is 6.54 Å². The number of likely N-dealkylation sites (N-methyl/N-ethyl adjacent to an activating group) is 1. The van der Waals surface area contributed by atoms with Crippen LogP contribution in [0.3, 0.4) is 0 Å². The van der Waals surface area contributed by atoms with Crippen molar-refractivity contribution in [2.24, 2.45) is 0 Å². The first-order valence-electron chi connectivity index (χ1n) is 8.46. The lowest BCUT2D eigenvalue weighted by atomic mass is 10.0. The molecule has 7 heteroatoms. The molecule has 1 unspecified atom stereocenters. The first-order chi connectivity index (χ1) is 13.0. The molecule has 0 saturated carbocycles. The summed E-state index contributed by atoms with van der Waals surface area (Å²) >= 11 is 0. The summed E-state index contributed by atoms with van der Waals surface area (Å²) in [5, 5.41) is 11.7. The molecule has 0 radical (unpaired) electrons. The van der Waals surface area contributed by atoms with E-state index in [0.29, 0.717) is 16.9 Å². The van der Waals surface area contributed by atoms with Gasteiger partial charge < -0.3 is 20.1 Å². The van der Waals surface area contributed by atoms with E-state index in [0.717, 1.165) is 0 Å². The Bertz CT molecular complexity index is 790. The molecule has 0 spiro atoms. The summed E-state index contributed by atoms with van der Waals surface area (Å²) in [6.45, 7) is 1.47. The number of hydrogen-bond acceptors (Lipinski definition) is 4. The highest BCUT2D eigenvalue weighted by Gasteiger charge is 2.28. The molecular weight excluding hydrogens is 348 g/mol. The van der Waals surface area contributed by atoms with Crippen molar-refractivity contribution >= 4 is 17.8 Å². The van der Waals surface area contributed by atoms with E-state index in [1.807, 2.05) is 0 Å². The van der Waals surface area contributed by atoms with Gasteiger partial charge in [-0.15, -0.1) is 0 Å². The van der Waals surface area contributed by atoms with Crippen LogP contribution in [0.1, 0.15) is 28.9 Å². The van der Waals surface area contributed by atoms with Gasteiger partial charge in [-0.3, -0.25) is 14.4 Å². The van der Waals surface area contributed by atoms with Crippen molar-refractivity contribution in [3.63, 3.8) is 0 Å². The van der Waals surface area contributed by atoms with Crippen LogP contribution >= 0.6 is 0 Å². The Hall–Kier alpha value is -3.35. The third kappa shape index (κ3) is 5.31. The van der Waals surface area contributed by atoms with Crippen LogP contribution in [-0.2, 0) is 9.59 Å². The van der Waals surface area contributed by atoms with Gasteiger partial charge in [0.15, 0.2) is 0 Å². The minimum atomic E-state index is -1.11. The number of methoxy groups -OCH3 is 1. The maximum atomic E-state index is 12.9. The highest BCUT2D eigenvalue weighted by molar-refractivity contribution is 5.98.